The maximum Gasteiger partial charge on any atom is 0.217 e. The molecule has 1 fully saturated rings. The minimum absolute atomic E-state index is 0. The van der Waals surface area contributed by atoms with E-state index >= 15 is 0 Å². The van der Waals surface area contributed by atoms with Crippen LogP contribution in [-0.2, 0) is 33.9 Å². The molecule has 1 rings (SSSR count). The Morgan fingerprint density at radius 1 is 0.590 bits per heavy atom. The number of ether oxygens (including phenoxy) is 1. The summed E-state index contributed by atoms with van der Waals surface area (Å²) in [5.41, 5.74) is 0. The monoisotopic (exact) mass is 608 g/mol. The summed E-state index contributed by atoms with van der Waals surface area (Å²) in [6.07, 6.45) is 23.4. The number of hydrogen-bond acceptors (Lipinski definition) is 9. The summed E-state index contributed by atoms with van der Waals surface area (Å²) < 4.78 is 69.4. The second-order valence-electron chi connectivity index (χ2n) is 9.55. The van der Waals surface area contributed by atoms with Crippen LogP contribution < -0.4 is 11.1 Å². The predicted molar refractivity (Wildman–Crippen MR) is 155 cm³/mol. The summed E-state index contributed by atoms with van der Waals surface area (Å²) in [4.78, 5) is 1.77. The van der Waals surface area contributed by atoms with Gasteiger partial charge in [0, 0.05) is 0 Å². The van der Waals surface area contributed by atoms with E-state index in [1.807, 2.05) is 0 Å². The van der Waals surface area contributed by atoms with Crippen LogP contribution in [0.4, 0.5) is 0 Å². The van der Waals surface area contributed by atoms with Crippen molar-refractivity contribution in [1.82, 2.24) is 6.15 Å². The van der Waals surface area contributed by atoms with Crippen LogP contribution in [0.1, 0.15) is 124 Å². The molecule has 0 aromatic heterocycles. The van der Waals surface area contributed by atoms with Crippen LogP contribution in [0.25, 0.3) is 0 Å². The van der Waals surface area contributed by atoms with E-state index in [4.69, 9.17) is 4.74 Å². The van der Waals surface area contributed by atoms with Crippen LogP contribution in [0.5, 0.6) is 0 Å². The quantitative estimate of drug-likeness (QED) is 0.108. The third-order valence-electron chi connectivity index (χ3n) is 6.11. The standard InChI is InChI=1S/C22H45NO.2C2H6O4S.H3N/c1-2-3-4-5-6-7-8-9-10-11-12-13-14-15-16-17-18-23-19-21-24-22-20-23;2*1-2-6-7(3,4)5;/h2-22H2,1H3;2*2H2,1H3,(H,3,4,5);1H3. The van der Waals surface area contributed by atoms with Crippen LogP contribution >= 0.6 is 0 Å². The predicted octanol–water partition coefficient (Wildman–Crippen LogP) is 4.51. The molecule has 0 amide bonds. The molecule has 1 saturated heterocycles. The number of quaternary nitrogens is 2. The molecule has 0 bridgehead atoms. The molecular weight excluding hydrogens is 548 g/mol. The van der Waals surface area contributed by atoms with E-state index in [2.05, 4.69) is 15.3 Å². The van der Waals surface area contributed by atoms with Crippen LogP contribution in [0.2, 0.25) is 0 Å². The first kappa shape index (κ1) is 43.1. The van der Waals surface area contributed by atoms with Gasteiger partial charge in [0.2, 0.25) is 20.8 Å². The van der Waals surface area contributed by atoms with Crippen molar-refractivity contribution in [2.75, 3.05) is 46.1 Å². The van der Waals surface area contributed by atoms with Gasteiger partial charge in [0.05, 0.1) is 33.0 Å². The topological polar surface area (TPSA) is 183 Å². The van der Waals surface area contributed by atoms with E-state index in [0.717, 1.165) is 13.2 Å². The zero-order chi connectivity index (χ0) is 29.0. The highest BCUT2D eigenvalue weighted by atomic mass is 32.3. The number of rotatable bonds is 21. The van der Waals surface area contributed by atoms with Gasteiger partial charge < -0.3 is 24.9 Å². The van der Waals surface area contributed by atoms with E-state index in [1.54, 1.807) is 4.90 Å². The number of hydrogen-bond donors (Lipinski definition) is 2. The molecule has 0 aliphatic carbocycles. The van der Waals surface area contributed by atoms with Gasteiger partial charge >= 0.3 is 0 Å². The molecule has 13 heteroatoms. The van der Waals surface area contributed by atoms with Gasteiger partial charge in [0.1, 0.15) is 13.1 Å². The fraction of sp³-hybridized carbons (Fsp3) is 1.00. The lowest BCUT2D eigenvalue weighted by Gasteiger charge is -2.23. The molecule has 0 atom stereocenters. The van der Waals surface area contributed by atoms with Crippen molar-refractivity contribution >= 4 is 20.8 Å². The molecule has 1 aliphatic rings. The van der Waals surface area contributed by atoms with Gasteiger partial charge in [-0.3, -0.25) is 8.37 Å². The largest absolute Gasteiger partial charge is 0.726 e. The number of morpholine rings is 1. The minimum Gasteiger partial charge on any atom is -0.726 e. The lowest BCUT2D eigenvalue weighted by molar-refractivity contribution is -0.908. The smallest absolute Gasteiger partial charge is 0.217 e. The summed E-state index contributed by atoms with van der Waals surface area (Å²) in [5.74, 6) is 0. The summed E-state index contributed by atoms with van der Waals surface area (Å²) >= 11 is 0. The zero-order valence-corrected chi connectivity index (χ0v) is 26.9. The Morgan fingerprint density at radius 2 is 0.897 bits per heavy atom. The third-order valence-corrected chi connectivity index (χ3v) is 7.16. The van der Waals surface area contributed by atoms with E-state index in [1.165, 1.54) is 136 Å². The van der Waals surface area contributed by atoms with Crippen molar-refractivity contribution in [2.24, 2.45) is 0 Å². The molecule has 39 heavy (non-hydrogen) atoms. The average Bonchev–Trinajstić information content (AvgIpc) is 2.84. The van der Waals surface area contributed by atoms with Gasteiger partial charge in [0.25, 0.3) is 0 Å². The lowest BCUT2D eigenvalue weighted by Crippen LogP contribution is -3.14. The molecule has 0 aromatic carbocycles. The molecule has 5 N–H and O–H groups in total. The number of nitrogens with one attached hydrogen (secondary N) is 1. The summed E-state index contributed by atoms with van der Waals surface area (Å²) in [5, 5.41) is 0. The van der Waals surface area contributed by atoms with Gasteiger partial charge in [-0.2, -0.15) is 0 Å². The SMILES string of the molecule is CCCCCCCCCCCCCCCCCC[NH+]1CCOCC1.CCOS(=O)(=O)[O-].CCOS(=O)(=O)[O-].[NH4+]. The van der Waals surface area contributed by atoms with Gasteiger partial charge in [-0.25, -0.2) is 16.8 Å². The Balaban J connectivity index is -0.000000711. The van der Waals surface area contributed by atoms with Crippen LogP contribution in [0.15, 0.2) is 0 Å². The molecule has 11 nitrogen and oxygen atoms in total. The van der Waals surface area contributed by atoms with Gasteiger partial charge in [-0.05, 0) is 26.7 Å². The van der Waals surface area contributed by atoms with Crippen molar-refractivity contribution in [1.29, 1.82) is 0 Å². The normalized spacial score (nSPS) is 14.0. The fourth-order valence-corrected chi connectivity index (χ4v) is 4.70. The molecule has 0 unspecified atom stereocenters. The highest BCUT2D eigenvalue weighted by Gasteiger charge is 2.12. The fourth-order valence-electron chi connectivity index (χ4n) is 4.12. The van der Waals surface area contributed by atoms with Crippen molar-refractivity contribution in [3.63, 3.8) is 0 Å². The van der Waals surface area contributed by atoms with Crippen molar-refractivity contribution in [2.45, 2.75) is 124 Å². The highest BCUT2D eigenvalue weighted by Crippen LogP contribution is 2.13. The molecule has 1 aliphatic heterocycles. The summed E-state index contributed by atoms with van der Waals surface area (Å²) in [6, 6.07) is 0. The zero-order valence-electron chi connectivity index (χ0n) is 25.3. The average molecular weight is 609 g/mol. The molecule has 0 saturated carbocycles. The molecule has 0 aromatic rings. The molecule has 0 radical (unpaired) electrons. The van der Waals surface area contributed by atoms with E-state index in [-0.39, 0.29) is 19.4 Å². The van der Waals surface area contributed by atoms with Crippen molar-refractivity contribution in [3.8, 4) is 0 Å². The van der Waals surface area contributed by atoms with Crippen LogP contribution in [0.3, 0.4) is 0 Å². The molecule has 1 heterocycles. The van der Waals surface area contributed by atoms with Gasteiger partial charge in [0.15, 0.2) is 0 Å². The lowest BCUT2D eigenvalue weighted by atomic mass is 10.0. The highest BCUT2D eigenvalue weighted by molar-refractivity contribution is 7.81. The maximum absolute atomic E-state index is 9.45. The van der Waals surface area contributed by atoms with Crippen molar-refractivity contribution in [3.05, 3.63) is 0 Å². The first-order chi connectivity index (χ1) is 18.1. The second kappa shape index (κ2) is 30.6. The summed E-state index contributed by atoms with van der Waals surface area (Å²) in [7, 11) is -8.85. The Labute approximate surface area is 240 Å². The second-order valence-corrected chi connectivity index (χ2v) is 11.6. The minimum atomic E-state index is -4.42. The molecular formula is C26H60N2O9S2. The van der Waals surface area contributed by atoms with Crippen molar-refractivity contribution < 1.29 is 43.9 Å². The first-order valence-electron chi connectivity index (χ1n) is 14.7. The van der Waals surface area contributed by atoms with E-state index in [9.17, 15) is 25.9 Å². The maximum atomic E-state index is 9.45. The Kier molecular flexibility index (Phi) is 33.8. The van der Waals surface area contributed by atoms with Crippen LogP contribution in [0, 0.1) is 0 Å². The Bertz CT molecular complexity index is 654. The summed E-state index contributed by atoms with van der Waals surface area (Å²) in [6.45, 7) is 10.8. The van der Waals surface area contributed by atoms with Crippen LogP contribution in [-0.4, -0.2) is 72.0 Å². The molecule has 0 spiro atoms. The van der Waals surface area contributed by atoms with E-state index in [0.29, 0.717) is 0 Å². The Morgan fingerprint density at radius 3 is 1.15 bits per heavy atom. The van der Waals surface area contributed by atoms with E-state index < -0.39 is 20.8 Å². The number of unbranched alkanes of at least 4 members (excludes halogenated alkanes) is 15. The first-order valence-corrected chi connectivity index (χ1v) is 17.3. The van der Waals surface area contributed by atoms with Gasteiger partial charge in [-0.15, -0.1) is 0 Å². The molecule has 240 valence electrons. The van der Waals surface area contributed by atoms with Gasteiger partial charge in [-0.1, -0.05) is 96.8 Å². The Hall–Kier alpha value is -0.380. The third kappa shape index (κ3) is 42.2.